The van der Waals surface area contributed by atoms with Crippen LogP contribution in [0.3, 0.4) is 0 Å². The highest BCUT2D eigenvalue weighted by Gasteiger charge is 2.25. The van der Waals surface area contributed by atoms with Crippen molar-refractivity contribution >= 4 is 0 Å². The van der Waals surface area contributed by atoms with Crippen molar-refractivity contribution in [2.24, 2.45) is 0 Å². The third-order valence-electron chi connectivity index (χ3n) is 10.2. The van der Waals surface area contributed by atoms with Gasteiger partial charge in [0.1, 0.15) is 34.5 Å². The molecule has 0 radical (unpaired) electrons. The van der Waals surface area contributed by atoms with Gasteiger partial charge in [-0.15, -0.1) is 0 Å². The molecule has 0 aliphatic heterocycles. The van der Waals surface area contributed by atoms with E-state index >= 15 is 0 Å². The zero-order chi connectivity index (χ0) is 39.1. The number of rotatable bonds is 6. The molecular weight excluding hydrogens is 661 g/mol. The highest BCUT2D eigenvalue weighted by molar-refractivity contribution is 5.47. The highest BCUT2D eigenvalue weighted by atomic mass is 16.3. The zero-order valence-corrected chi connectivity index (χ0v) is 31.9. The highest BCUT2D eigenvalue weighted by Crippen LogP contribution is 2.36. The van der Waals surface area contributed by atoms with Gasteiger partial charge < -0.3 is 30.6 Å². The molecule has 6 N–H and O–H groups in total. The fraction of sp³-hybridized carbons (Fsp3) is 0.234. The first-order valence-electron chi connectivity index (χ1n) is 17.6. The van der Waals surface area contributed by atoms with E-state index in [0.717, 1.165) is 44.5 Å². The molecule has 0 amide bonds. The Labute approximate surface area is 314 Å². The molecule has 0 heterocycles. The van der Waals surface area contributed by atoms with E-state index in [1.54, 1.807) is 60.7 Å². The molecule has 0 saturated heterocycles. The van der Waals surface area contributed by atoms with Crippen LogP contribution in [0.25, 0.3) is 0 Å². The predicted molar refractivity (Wildman–Crippen MR) is 214 cm³/mol. The average Bonchev–Trinajstić information content (AvgIpc) is 3.12. The molecule has 0 bridgehead atoms. The molecule has 0 spiro atoms. The minimum atomic E-state index is -0.170. The van der Waals surface area contributed by atoms with Crippen molar-refractivity contribution in [1.29, 1.82) is 0 Å². The second-order valence-electron chi connectivity index (χ2n) is 15.1. The minimum absolute atomic E-state index is 0.151. The van der Waals surface area contributed by atoms with Gasteiger partial charge in [-0.25, -0.2) is 0 Å². The van der Waals surface area contributed by atoms with Crippen LogP contribution in [0.2, 0.25) is 0 Å². The molecular formula is C47H52O6. The quantitative estimate of drug-likeness (QED) is 0.102. The smallest absolute Gasteiger partial charge is 0.118 e. The van der Waals surface area contributed by atoms with E-state index < -0.39 is 0 Å². The normalized spacial score (nSPS) is 11.5. The molecule has 0 atom stereocenters. The van der Waals surface area contributed by atoms with Crippen LogP contribution >= 0.6 is 0 Å². The Balaban J connectivity index is 0.000000178. The fourth-order valence-electron chi connectivity index (χ4n) is 6.10. The van der Waals surface area contributed by atoms with Gasteiger partial charge in [-0.3, -0.25) is 0 Å². The van der Waals surface area contributed by atoms with E-state index in [2.05, 4.69) is 41.5 Å². The van der Waals surface area contributed by atoms with E-state index in [-0.39, 0.29) is 39.2 Å². The first-order valence-corrected chi connectivity index (χ1v) is 17.6. The predicted octanol–water partition coefficient (Wildman–Crippen LogP) is 10.9. The van der Waals surface area contributed by atoms with E-state index in [4.69, 9.17) is 0 Å². The summed E-state index contributed by atoms with van der Waals surface area (Å²) < 4.78 is 0. The van der Waals surface area contributed by atoms with Crippen molar-refractivity contribution in [2.75, 3.05) is 0 Å². The summed E-state index contributed by atoms with van der Waals surface area (Å²) in [6.45, 7) is 16.6. The van der Waals surface area contributed by atoms with Gasteiger partial charge in [-0.05, 0) is 119 Å². The van der Waals surface area contributed by atoms with Gasteiger partial charge in [0.2, 0.25) is 0 Å². The van der Waals surface area contributed by atoms with E-state index in [0.29, 0.717) is 11.5 Å². The molecule has 6 aromatic rings. The van der Waals surface area contributed by atoms with Crippen LogP contribution in [-0.4, -0.2) is 30.6 Å². The summed E-state index contributed by atoms with van der Waals surface area (Å²) in [5, 5.41) is 56.4. The molecule has 0 fully saturated rings. The van der Waals surface area contributed by atoms with Crippen LogP contribution in [0.15, 0.2) is 133 Å². The fourth-order valence-corrected chi connectivity index (χ4v) is 6.10. The molecule has 0 aromatic heterocycles. The monoisotopic (exact) mass is 712 g/mol. The van der Waals surface area contributed by atoms with Gasteiger partial charge >= 0.3 is 0 Å². The van der Waals surface area contributed by atoms with Crippen LogP contribution in [0, 0.1) is 13.8 Å². The van der Waals surface area contributed by atoms with Crippen molar-refractivity contribution in [3.63, 3.8) is 0 Å². The first-order chi connectivity index (χ1) is 24.8. The summed E-state index contributed by atoms with van der Waals surface area (Å²) in [5.41, 5.74) is 8.08. The van der Waals surface area contributed by atoms with Crippen molar-refractivity contribution in [2.45, 2.75) is 71.6 Å². The van der Waals surface area contributed by atoms with Crippen LogP contribution in [0.5, 0.6) is 34.5 Å². The second kappa shape index (κ2) is 16.2. The number of hydrogen-bond donors (Lipinski definition) is 6. The summed E-state index contributed by atoms with van der Waals surface area (Å²) in [4.78, 5) is 0. The second-order valence-corrected chi connectivity index (χ2v) is 15.1. The van der Waals surface area contributed by atoms with Crippen LogP contribution in [-0.2, 0) is 16.2 Å². The number of aromatic hydroxyl groups is 6. The van der Waals surface area contributed by atoms with Gasteiger partial charge in [0.05, 0.1) is 0 Å². The maximum absolute atomic E-state index is 9.63. The minimum Gasteiger partial charge on any atom is -0.508 e. The van der Waals surface area contributed by atoms with E-state index in [9.17, 15) is 30.6 Å². The molecule has 6 rings (SSSR count). The van der Waals surface area contributed by atoms with Crippen molar-refractivity contribution in [3.8, 4) is 34.5 Å². The van der Waals surface area contributed by atoms with Gasteiger partial charge in [-0.2, -0.15) is 0 Å². The molecule has 6 heteroatoms. The van der Waals surface area contributed by atoms with Gasteiger partial charge in [-0.1, -0.05) is 114 Å². The molecule has 276 valence electrons. The lowest BCUT2D eigenvalue weighted by molar-refractivity contribution is 0.469. The Bertz CT molecular complexity index is 1850. The molecule has 6 aromatic carbocycles. The summed E-state index contributed by atoms with van der Waals surface area (Å²) in [7, 11) is 0. The van der Waals surface area contributed by atoms with Gasteiger partial charge in [0.25, 0.3) is 0 Å². The molecule has 0 unspecified atom stereocenters. The lowest BCUT2D eigenvalue weighted by Crippen LogP contribution is -2.19. The maximum atomic E-state index is 9.63. The standard InChI is InChI=1S/C17H20O2.2C15H16O2/c1-11-9-13(5-7-15(11)18)17(3,4)14-6-8-16(19)12(2)10-14;2*1-15(2,11-3-7-13(16)8-4-11)12-5-9-14(17)10-6-12/h5-10,18-19H,1-4H3;2*3-10,16-17H,1-2H3. The molecule has 0 aliphatic rings. The lowest BCUT2D eigenvalue weighted by Gasteiger charge is -2.27. The van der Waals surface area contributed by atoms with Crippen LogP contribution in [0.1, 0.15) is 86.1 Å². The van der Waals surface area contributed by atoms with Crippen molar-refractivity contribution in [1.82, 2.24) is 0 Å². The Morgan fingerprint density at radius 2 is 0.472 bits per heavy atom. The van der Waals surface area contributed by atoms with Crippen LogP contribution < -0.4 is 0 Å². The topological polar surface area (TPSA) is 121 Å². The number of benzene rings is 6. The third kappa shape index (κ3) is 9.72. The number of phenolic OH excluding ortho intramolecular Hbond substituents is 6. The number of aryl methyl sites for hydroxylation is 2. The number of phenols is 6. The summed E-state index contributed by atoms with van der Waals surface area (Å²) in [5.74, 6) is 1.74. The largest absolute Gasteiger partial charge is 0.508 e. The third-order valence-corrected chi connectivity index (χ3v) is 10.2. The number of hydrogen-bond acceptors (Lipinski definition) is 6. The summed E-state index contributed by atoms with van der Waals surface area (Å²) in [6, 6.07) is 40.3. The molecule has 0 saturated carbocycles. The Hall–Kier alpha value is -5.88. The molecule has 53 heavy (non-hydrogen) atoms. The zero-order valence-electron chi connectivity index (χ0n) is 31.9. The van der Waals surface area contributed by atoms with Gasteiger partial charge in [0, 0.05) is 16.2 Å². The Morgan fingerprint density at radius 1 is 0.283 bits per heavy atom. The average molecular weight is 713 g/mol. The van der Waals surface area contributed by atoms with Crippen LogP contribution in [0.4, 0.5) is 0 Å². The Morgan fingerprint density at radius 3 is 0.679 bits per heavy atom. The van der Waals surface area contributed by atoms with Crippen molar-refractivity contribution in [3.05, 3.63) is 178 Å². The van der Waals surface area contributed by atoms with Crippen molar-refractivity contribution < 1.29 is 30.6 Å². The Kier molecular flexibility index (Phi) is 12.2. The SMILES string of the molecule is CC(C)(c1ccc(O)cc1)c1ccc(O)cc1.CC(C)(c1ccc(O)cc1)c1ccc(O)cc1.Cc1cc(C(C)(C)c2ccc(O)c(C)c2)ccc1O. The molecule has 0 aliphatic carbocycles. The summed E-state index contributed by atoms with van der Waals surface area (Å²) >= 11 is 0. The first kappa shape index (κ1) is 39.9. The van der Waals surface area contributed by atoms with E-state index in [1.807, 2.05) is 86.6 Å². The molecule has 6 nitrogen and oxygen atoms in total. The van der Waals surface area contributed by atoms with Gasteiger partial charge in [0.15, 0.2) is 0 Å². The summed E-state index contributed by atoms with van der Waals surface area (Å²) in [6.07, 6.45) is 0. The maximum Gasteiger partial charge on any atom is 0.118 e. The lowest BCUT2D eigenvalue weighted by atomic mass is 9.77. The van der Waals surface area contributed by atoms with E-state index in [1.165, 1.54) is 0 Å².